The summed E-state index contributed by atoms with van der Waals surface area (Å²) in [5.74, 6) is 2.46. The molecule has 0 bridgehead atoms. The van der Waals surface area contributed by atoms with Gasteiger partial charge in [-0.2, -0.15) is 0 Å². The van der Waals surface area contributed by atoms with Gasteiger partial charge in [0.05, 0.1) is 11.1 Å². The molecule has 0 spiro atoms. The monoisotopic (exact) mass is 398 g/mol. The van der Waals surface area contributed by atoms with Gasteiger partial charge >= 0.3 is 0 Å². The van der Waals surface area contributed by atoms with Gasteiger partial charge in [0.2, 0.25) is 0 Å². The van der Waals surface area contributed by atoms with E-state index in [1.54, 1.807) is 0 Å². The Kier molecular flexibility index (Phi) is 5.92. The van der Waals surface area contributed by atoms with Crippen LogP contribution in [0, 0.1) is 0 Å². The van der Waals surface area contributed by atoms with Gasteiger partial charge in [0, 0.05) is 5.33 Å². The Morgan fingerprint density at radius 3 is 2.30 bits per heavy atom. The van der Waals surface area contributed by atoms with Gasteiger partial charge in [-0.05, 0) is 64.3 Å². The lowest BCUT2D eigenvalue weighted by Crippen LogP contribution is -1.94. The molecule has 0 aliphatic carbocycles. The van der Waals surface area contributed by atoms with Crippen molar-refractivity contribution in [2.24, 2.45) is 0 Å². The van der Waals surface area contributed by atoms with Crippen molar-refractivity contribution in [2.45, 2.75) is 18.7 Å². The molecule has 2 aromatic carbocycles. The van der Waals surface area contributed by atoms with E-state index in [9.17, 15) is 0 Å². The van der Waals surface area contributed by atoms with Crippen molar-refractivity contribution in [3.05, 3.63) is 52.5 Å². The Labute approximate surface area is 136 Å². The molecule has 0 amide bonds. The van der Waals surface area contributed by atoms with Gasteiger partial charge < -0.3 is 9.47 Å². The summed E-state index contributed by atoms with van der Waals surface area (Å²) in [6, 6.07) is 13.7. The van der Waals surface area contributed by atoms with Crippen LogP contribution in [0.4, 0.5) is 0 Å². The van der Waals surface area contributed by atoms with Crippen molar-refractivity contribution in [1.29, 1.82) is 0 Å². The molecule has 0 fully saturated rings. The molecule has 0 aromatic heterocycles. The SMILES string of the molecule is CCCOc1ccc(Oc2ccc(CBr)cc2Br)cc1. The fourth-order valence-electron chi connectivity index (χ4n) is 1.66. The predicted molar refractivity (Wildman–Crippen MR) is 89.1 cm³/mol. The highest BCUT2D eigenvalue weighted by Gasteiger charge is 2.04. The zero-order valence-corrected chi connectivity index (χ0v) is 14.4. The maximum absolute atomic E-state index is 5.85. The molecule has 0 saturated heterocycles. The molecule has 106 valence electrons. The van der Waals surface area contributed by atoms with Gasteiger partial charge in [-0.15, -0.1) is 0 Å². The molecule has 2 aromatic rings. The molecule has 20 heavy (non-hydrogen) atoms. The van der Waals surface area contributed by atoms with Crippen LogP contribution < -0.4 is 9.47 Å². The van der Waals surface area contributed by atoms with Gasteiger partial charge in [-0.25, -0.2) is 0 Å². The smallest absolute Gasteiger partial charge is 0.141 e. The second-order valence-corrected chi connectivity index (χ2v) is 5.74. The van der Waals surface area contributed by atoms with Crippen molar-refractivity contribution in [1.82, 2.24) is 0 Å². The van der Waals surface area contributed by atoms with Gasteiger partial charge in [-0.3, -0.25) is 0 Å². The van der Waals surface area contributed by atoms with E-state index in [2.05, 4.69) is 38.8 Å². The topological polar surface area (TPSA) is 18.5 Å². The maximum Gasteiger partial charge on any atom is 0.141 e. The molecule has 0 atom stereocenters. The Balaban J connectivity index is 2.06. The minimum atomic E-state index is 0.736. The molecule has 0 heterocycles. The van der Waals surface area contributed by atoms with Crippen LogP contribution in [-0.2, 0) is 5.33 Å². The third-order valence-electron chi connectivity index (χ3n) is 2.67. The van der Waals surface area contributed by atoms with Gasteiger partial charge in [0.1, 0.15) is 17.2 Å². The largest absolute Gasteiger partial charge is 0.494 e. The normalized spacial score (nSPS) is 10.3. The molecule has 2 nitrogen and oxygen atoms in total. The minimum absolute atomic E-state index is 0.736. The Bertz CT molecular complexity index is 553. The van der Waals surface area contributed by atoms with Crippen LogP contribution in [0.3, 0.4) is 0 Å². The summed E-state index contributed by atoms with van der Waals surface area (Å²) in [5, 5.41) is 0.829. The summed E-state index contributed by atoms with van der Waals surface area (Å²) in [6.45, 7) is 2.82. The first-order valence-electron chi connectivity index (χ1n) is 6.48. The van der Waals surface area contributed by atoms with Crippen LogP contribution in [0.2, 0.25) is 0 Å². The fourth-order valence-corrected chi connectivity index (χ4v) is 2.52. The molecule has 0 aliphatic rings. The van der Waals surface area contributed by atoms with E-state index in [4.69, 9.17) is 9.47 Å². The van der Waals surface area contributed by atoms with Gasteiger partial charge in [-0.1, -0.05) is 28.9 Å². The fraction of sp³-hybridized carbons (Fsp3) is 0.250. The molecule has 0 unspecified atom stereocenters. The molecule has 2 rings (SSSR count). The first-order valence-corrected chi connectivity index (χ1v) is 8.39. The zero-order chi connectivity index (χ0) is 14.4. The maximum atomic E-state index is 5.85. The van der Waals surface area contributed by atoms with Crippen LogP contribution in [0.25, 0.3) is 0 Å². The average Bonchev–Trinajstić information content (AvgIpc) is 2.48. The number of halogens is 2. The lowest BCUT2D eigenvalue weighted by atomic mass is 10.2. The Morgan fingerprint density at radius 1 is 1.00 bits per heavy atom. The van der Waals surface area contributed by atoms with Gasteiger partial charge in [0.15, 0.2) is 0 Å². The van der Waals surface area contributed by atoms with Crippen LogP contribution in [-0.4, -0.2) is 6.61 Å². The predicted octanol–water partition coefficient (Wildman–Crippen LogP) is 5.93. The first kappa shape index (κ1) is 15.4. The summed E-state index contributed by atoms with van der Waals surface area (Å²) in [5.41, 5.74) is 1.20. The second kappa shape index (κ2) is 7.70. The Hall–Kier alpha value is -1.000. The molecule has 0 aliphatic heterocycles. The highest BCUT2D eigenvalue weighted by Crippen LogP contribution is 2.31. The van der Waals surface area contributed by atoms with Crippen molar-refractivity contribution < 1.29 is 9.47 Å². The molecule has 0 radical (unpaired) electrons. The van der Waals surface area contributed by atoms with E-state index < -0.39 is 0 Å². The van der Waals surface area contributed by atoms with Crippen molar-refractivity contribution >= 4 is 31.9 Å². The van der Waals surface area contributed by atoms with E-state index in [1.165, 1.54) is 5.56 Å². The number of hydrogen-bond donors (Lipinski definition) is 0. The summed E-state index contributed by atoms with van der Waals surface area (Å²) in [6.07, 6.45) is 1.01. The van der Waals surface area contributed by atoms with Crippen molar-refractivity contribution in [3.8, 4) is 17.2 Å². The molecule has 4 heteroatoms. The molecular formula is C16H16Br2O2. The van der Waals surface area contributed by atoms with Crippen molar-refractivity contribution in [2.75, 3.05) is 6.61 Å². The number of hydrogen-bond acceptors (Lipinski definition) is 2. The number of rotatable bonds is 6. The van der Waals surface area contributed by atoms with E-state index in [-0.39, 0.29) is 0 Å². The van der Waals surface area contributed by atoms with Crippen LogP contribution in [0.5, 0.6) is 17.2 Å². The minimum Gasteiger partial charge on any atom is -0.494 e. The Morgan fingerprint density at radius 2 is 1.70 bits per heavy atom. The lowest BCUT2D eigenvalue weighted by molar-refractivity contribution is 0.317. The van der Waals surface area contributed by atoms with Crippen LogP contribution in [0.15, 0.2) is 46.9 Å². The first-order chi connectivity index (χ1) is 9.72. The standard InChI is InChI=1S/C16H16Br2O2/c1-2-9-19-13-4-6-14(7-5-13)20-16-8-3-12(11-17)10-15(16)18/h3-8,10H,2,9,11H2,1H3. The lowest BCUT2D eigenvalue weighted by Gasteiger charge is -2.10. The number of alkyl halides is 1. The van der Waals surface area contributed by atoms with Crippen LogP contribution >= 0.6 is 31.9 Å². The summed E-state index contributed by atoms with van der Waals surface area (Å²) in [7, 11) is 0. The molecular weight excluding hydrogens is 384 g/mol. The average molecular weight is 400 g/mol. The third-order valence-corrected chi connectivity index (χ3v) is 3.94. The van der Waals surface area contributed by atoms with E-state index in [0.717, 1.165) is 40.1 Å². The molecule has 0 saturated carbocycles. The van der Waals surface area contributed by atoms with Gasteiger partial charge in [0.25, 0.3) is 0 Å². The van der Waals surface area contributed by atoms with E-state index >= 15 is 0 Å². The van der Waals surface area contributed by atoms with E-state index in [1.807, 2.05) is 42.5 Å². The van der Waals surface area contributed by atoms with Crippen LogP contribution in [0.1, 0.15) is 18.9 Å². The van der Waals surface area contributed by atoms with E-state index in [0.29, 0.717) is 0 Å². The third kappa shape index (κ3) is 4.25. The quantitative estimate of drug-likeness (QED) is 0.560. The molecule has 0 N–H and O–H groups in total. The second-order valence-electron chi connectivity index (χ2n) is 4.32. The summed E-state index contributed by atoms with van der Waals surface area (Å²) < 4.78 is 12.3. The highest BCUT2D eigenvalue weighted by atomic mass is 79.9. The number of ether oxygens (including phenoxy) is 2. The summed E-state index contributed by atoms with van der Waals surface area (Å²) in [4.78, 5) is 0. The zero-order valence-electron chi connectivity index (χ0n) is 11.2. The highest BCUT2D eigenvalue weighted by molar-refractivity contribution is 9.10. The number of benzene rings is 2. The van der Waals surface area contributed by atoms with Crippen molar-refractivity contribution in [3.63, 3.8) is 0 Å². The summed E-state index contributed by atoms with van der Waals surface area (Å²) >= 11 is 6.96.